The van der Waals surface area contributed by atoms with Gasteiger partial charge < -0.3 is 35.6 Å². The minimum Gasteiger partial charge on any atom is -0.461 e. The van der Waals surface area contributed by atoms with Crippen LogP contribution in [0.1, 0.15) is 69.2 Å². The third-order valence-corrected chi connectivity index (χ3v) is 11.1. The topological polar surface area (TPSA) is 157 Å². The van der Waals surface area contributed by atoms with Crippen LogP contribution >= 0.6 is 0 Å². The van der Waals surface area contributed by atoms with Crippen molar-refractivity contribution in [2.75, 3.05) is 19.0 Å². The zero-order chi connectivity index (χ0) is 27.7. The molecule has 9 heteroatoms. The summed E-state index contributed by atoms with van der Waals surface area (Å²) in [4.78, 5) is 26.2. The van der Waals surface area contributed by atoms with Crippen LogP contribution in [0.15, 0.2) is 24.3 Å². The largest absolute Gasteiger partial charge is 0.461 e. The maximum absolute atomic E-state index is 13.2. The van der Waals surface area contributed by atoms with Crippen LogP contribution in [0.25, 0.3) is 0 Å². The second-order valence-electron chi connectivity index (χ2n) is 12.5. The highest BCUT2D eigenvalue weighted by Gasteiger charge is 2.81. The number of para-hydroxylation sites is 1. The summed E-state index contributed by atoms with van der Waals surface area (Å²) < 4.78 is 5.77. The lowest BCUT2D eigenvalue weighted by Crippen LogP contribution is -2.77. The van der Waals surface area contributed by atoms with Crippen LogP contribution in [0.3, 0.4) is 0 Å². The molecule has 10 atom stereocenters. The summed E-state index contributed by atoms with van der Waals surface area (Å²) in [5, 5.41) is 60.9. The smallest absolute Gasteiger partial charge is 0.340 e. The highest BCUT2D eigenvalue weighted by atomic mass is 16.5. The van der Waals surface area contributed by atoms with E-state index in [2.05, 4.69) is 12.2 Å². The van der Waals surface area contributed by atoms with Crippen molar-refractivity contribution in [3.05, 3.63) is 29.8 Å². The molecule has 4 fully saturated rings. The fraction of sp³-hybridized carbons (Fsp3) is 0.724. The SMILES string of the molecule is CNc1ccccc1C(=O)OC[C@]12CC[C@@H]3[C@@]4(C)CC[C@H](O)C[C@@H]4CC[C@@]3(O)[C@@]1(O)[C@H](O)[C@@H](O)[C@H]2C(C)=O. The van der Waals surface area contributed by atoms with E-state index in [1.54, 1.807) is 31.3 Å². The molecule has 0 heterocycles. The number of benzene rings is 1. The van der Waals surface area contributed by atoms with Gasteiger partial charge >= 0.3 is 5.97 Å². The predicted molar refractivity (Wildman–Crippen MR) is 138 cm³/mol. The quantitative estimate of drug-likeness (QED) is 0.311. The second kappa shape index (κ2) is 9.27. The Kier molecular flexibility index (Phi) is 6.71. The summed E-state index contributed by atoms with van der Waals surface area (Å²) in [6.07, 6.45) is -0.662. The molecule has 0 spiro atoms. The number of esters is 1. The van der Waals surface area contributed by atoms with Crippen LogP contribution in [-0.4, -0.2) is 80.5 Å². The molecular formula is C29H41NO8. The Balaban J connectivity index is 1.56. The average molecular weight is 532 g/mol. The molecule has 0 aromatic heterocycles. The molecule has 1 aromatic carbocycles. The first-order chi connectivity index (χ1) is 17.9. The fourth-order valence-electron chi connectivity index (χ4n) is 9.22. The van der Waals surface area contributed by atoms with E-state index in [0.29, 0.717) is 37.8 Å². The van der Waals surface area contributed by atoms with Crippen molar-refractivity contribution >= 4 is 17.4 Å². The van der Waals surface area contributed by atoms with E-state index >= 15 is 0 Å². The first kappa shape index (κ1) is 27.5. The van der Waals surface area contributed by atoms with Crippen LogP contribution < -0.4 is 5.32 Å². The number of nitrogens with one attached hydrogen (secondary N) is 1. The second-order valence-corrected chi connectivity index (χ2v) is 12.5. The molecule has 4 saturated carbocycles. The number of rotatable bonds is 5. The first-order valence-corrected chi connectivity index (χ1v) is 13.8. The van der Waals surface area contributed by atoms with Gasteiger partial charge in [-0.1, -0.05) is 19.1 Å². The number of anilines is 1. The number of carbonyl (C=O) groups excluding carboxylic acids is 2. The Bertz CT molecular complexity index is 1110. The van der Waals surface area contributed by atoms with Gasteiger partial charge in [-0.25, -0.2) is 4.79 Å². The van der Waals surface area contributed by atoms with Gasteiger partial charge in [-0.05, 0) is 81.3 Å². The van der Waals surface area contributed by atoms with Crippen molar-refractivity contribution in [1.29, 1.82) is 0 Å². The Labute approximate surface area is 223 Å². The van der Waals surface area contributed by atoms with Crippen molar-refractivity contribution in [3.63, 3.8) is 0 Å². The van der Waals surface area contributed by atoms with Crippen LogP contribution in [0.5, 0.6) is 0 Å². The molecule has 6 N–H and O–H groups in total. The lowest BCUT2D eigenvalue weighted by Gasteiger charge is -2.67. The molecule has 0 bridgehead atoms. The number of ether oxygens (including phenoxy) is 1. The number of hydrogen-bond donors (Lipinski definition) is 6. The monoisotopic (exact) mass is 531 g/mol. The van der Waals surface area contributed by atoms with Crippen molar-refractivity contribution in [2.45, 2.75) is 88.3 Å². The number of carbonyl (C=O) groups is 2. The predicted octanol–water partition coefficient (Wildman–Crippen LogP) is 1.65. The summed E-state index contributed by atoms with van der Waals surface area (Å²) in [5.74, 6) is -2.61. The van der Waals surface area contributed by atoms with E-state index < -0.39 is 70.5 Å². The van der Waals surface area contributed by atoms with Gasteiger partial charge in [-0.15, -0.1) is 0 Å². The molecule has 210 valence electrons. The van der Waals surface area contributed by atoms with E-state index in [9.17, 15) is 35.1 Å². The maximum Gasteiger partial charge on any atom is 0.340 e. The Morgan fingerprint density at radius 1 is 1.05 bits per heavy atom. The molecule has 0 aliphatic heterocycles. The van der Waals surface area contributed by atoms with Gasteiger partial charge in [0.25, 0.3) is 0 Å². The van der Waals surface area contributed by atoms with Crippen molar-refractivity contribution in [1.82, 2.24) is 0 Å². The minimum atomic E-state index is -2.29. The number of ketones is 1. The van der Waals surface area contributed by atoms with Gasteiger partial charge in [0, 0.05) is 12.7 Å². The van der Waals surface area contributed by atoms with E-state index in [-0.39, 0.29) is 24.3 Å². The number of aliphatic hydroxyl groups excluding tert-OH is 3. The van der Waals surface area contributed by atoms with E-state index in [1.165, 1.54) is 6.92 Å². The molecular weight excluding hydrogens is 490 g/mol. The van der Waals surface area contributed by atoms with Gasteiger partial charge in [-0.3, -0.25) is 4.79 Å². The van der Waals surface area contributed by atoms with Crippen LogP contribution in [0.2, 0.25) is 0 Å². The summed E-state index contributed by atoms with van der Waals surface area (Å²) in [6.45, 7) is 2.94. The lowest BCUT2D eigenvalue weighted by atomic mass is 9.41. The molecule has 0 unspecified atom stereocenters. The Morgan fingerprint density at radius 2 is 1.76 bits per heavy atom. The van der Waals surface area contributed by atoms with Crippen LogP contribution in [0.4, 0.5) is 5.69 Å². The van der Waals surface area contributed by atoms with Gasteiger partial charge in [0.2, 0.25) is 0 Å². The Morgan fingerprint density at radius 3 is 2.45 bits per heavy atom. The first-order valence-electron chi connectivity index (χ1n) is 13.8. The number of aliphatic hydroxyl groups is 5. The summed E-state index contributed by atoms with van der Waals surface area (Å²) in [6, 6.07) is 6.79. The lowest BCUT2D eigenvalue weighted by molar-refractivity contribution is -0.324. The fourth-order valence-corrected chi connectivity index (χ4v) is 9.22. The van der Waals surface area contributed by atoms with Crippen molar-refractivity contribution in [3.8, 4) is 0 Å². The third-order valence-electron chi connectivity index (χ3n) is 11.1. The number of Topliss-reactive ketones (excluding diaryl/α,β-unsaturated/α-hetero) is 1. The summed E-state index contributed by atoms with van der Waals surface area (Å²) in [7, 11) is 1.68. The third kappa shape index (κ3) is 3.48. The van der Waals surface area contributed by atoms with Crippen molar-refractivity contribution in [2.24, 2.45) is 28.6 Å². The molecule has 4 aliphatic rings. The summed E-state index contributed by atoms with van der Waals surface area (Å²) in [5.41, 5.74) is -5.26. The molecule has 9 nitrogen and oxygen atoms in total. The zero-order valence-electron chi connectivity index (χ0n) is 22.4. The molecule has 1 aromatic rings. The molecule has 0 radical (unpaired) electrons. The van der Waals surface area contributed by atoms with Gasteiger partial charge in [0.15, 0.2) is 0 Å². The van der Waals surface area contributed by atoms with Crippen LogP contribution in [-0.2, 0) is 9.53 Å². The molecule has 5 rings (SSSR count). The van der Waals surface area contributed by atoms with Gasteiger partial charge in [-0.2, -0.15) is 0 Å². The molecule has 0 amide bonds. The normalized spacial score (nSPS) is 45.9. The molecule has 0 saturated heterocycles. The highest BCUT2D eigenvalue weighted by molar-refractivity contribution is 5.95. The van der Waals surface area contributed by atoms with Gasteiger partial charge in [0.05, 0.1) is 29.1 Å². The highest BCUT2D eigenvalue weighted by Crippen LogP contribution is 2.70. The molecule has 38 heavy (non-hydrogen) atoms. The number of fused-ring (bicyclic) bond motifs is 5. The van der Waals surface area contributed by atoms with E-state index in [4.69, 9.17) is 4.74 Å². The molecule has 4 aliphatic carbocycles. The van der Waals surface area contributed by atoms with Crippen LogP contribution in [0, 0.1) is 28.6 Å². The zero-order valence-corrected chi connectivity index (χ0v) is 22.4. The van der Waals surface area contributed by atoms with Gasteiger partial charge in [0.1, 0.15) is 29.7 Å². The average Bonchev–Trinajstić information content (AvgIpc) is 3.07. The number of hydrogen-bond acceptors (Lipinski definition) is 9. The minimum absolute atomic E-state index is 0.147. The Hall–Kier alpha value is -2.04. The standard InChI is InChI=1S/C29H41NO8/c1-16(31)22-23(33)24(34)29(37)27(22,15-38-25(35)19-6-4-5-7-20(19)30-3)12-10-21-26(2)11-9-18(32)14-17(26)8-13-28(21,29)36/h4-7,17-18,21-24,30,32-34,36-37H,8-15H2,1-3H3/t17-,18-,21+,22+,23-,24+,26-,27-,28-,29+/m0/s1. The maximum atomic E-state index is 13.2. The van der Waals surface area contributed by atoms with E-state index in [0.717, 1.165) is 0 Å². The van der Waals surface area contributed by atoms with E-state index in [1.807, 2.05) is 0 Å². The van der Waals surface area contributed by atoms with Crippen molar-refractivity contribution < 1.29 is 39.9 Å². The summed E-state index contributed by atoms with van der Waals surface area (Å²) >= 11 is 0.